The Balaban J connectivity index is 2.11. The predicted octanol–water partition coefficient (Wildman–Crippen LogP) is 2.58. The Hall–Kier alpha value is -3.28. The number of allylic oxidation sites excluding steroid dienone is 2. The van der Waals surface area contributed by atoms with Gasteiger partial charge in [0.25, 0.3) is 0 Å². The number of rotatable bonds is 5. The van der Waals surface area contributed by atoms with E-state index in [0.717, 1.165) is 12.4 Å². The molecule has 0 aliphatic heterocycles. The molecule has 0 bridgehead atoms. The van der Waals surface area contributed by atoms with Crippen molar-refractivity contribution in [3.8, 4) is 6.07 Å². The van der Waals surface area contributed by atoms with E-state index in [1.54, 1.807) is 6.07 Å². The van der Waals surface area contributed by atoms with E-state index in [0.29, 0.717) is 16.6 Å². The smallest absolute Gasteiger partial charge is 0.390 e. The third-order valence-corrected chi connectivity index (χ3v) is 2.99. The maximum atomic E-state index is 12.7. The molecule has 0 unspecified atom stereocenters. The number of halogens is 3. The first kappa shape index (κ1) is 17.1. The molecule has 0 aromatic carbocycles. The first-order valence-corrected chi connectivity index (χ1v) is 6.67. The normalized spacial score (nSPS) is 12.5. The molecule has 0 fully saturated rings. The molecule has 0 atom stereocenters. The van der Waals surface area contributed by atoms with Crippen LogP contribution in [0, 0.1) is 11.3 Å². The highest BCUT2D eigenvalue weighted by atomic mass is 19.4. The van der Waals surface area contributed by atoms with Crippen molar-refractivity contribution in [1.29, 1.82) is 5.26 Å². The van der Waals surface area contributed by atoms with Crippen molar-refractivity contribution in [3.05, 3.63) is 53.6 Å². The van der Waals surface area contributed by atoms with E-state index in [-0.39, 0.29) is 17.9 Å². The number of aromatic nitrogens is 2. The molecule has 4 N–H and O–H groups in total. The first-order valence-electron chi connectivity index (χ1n) is 6.67. The summed E-state index contributed by atoms with van der Waals surface area (Å²) < 4.78 is 38.0. The maximum absolute atomic E-state index is 12.7. The Morgan fingerprint density at radius 3 is 2.88 bits per heavy atom. The molecule has 0 amide bonds. The molecule has 0 aliphatic rings. The summed E-state index contributed by atoms with van der Waals surface area (Å²) in [5.74, 6) is 0. The lowest BCUT2D eigenvalue weighted by Gasteiger charge is -2.06. The minimum absolute atomic E-state index is 0.0732. The van der Waals surface area contributed by atoms with Crippen LogP contribution in [0.25, 0.3) is 11.0 Å². The summed E-state index contributed by atoms with van der Waals surface area (Å²) in [5.41, 5.74) is 5.56. The topological polar surface area (TPSA) is 103 Å². The number of alkyl halides is 3. The number of aromatic amines is 1. The van der Waals surface area contributed by atoms with Gasteiger partial charge in [-0.1, -0.05) is 6.58 Å². The number of H-pyrrole nitrogens is 1. The second kappa shape index (κ2) is 6.87. The van der Waals surface area contributed by atoms with Gasteiger partial charge in [0.1, 0.15) is 23.1 Å². The zero-order chi connectivity index (χ0) is 17.7. The zero-order valence-corrected chi connectivity index (χ0v) is 12.4. The molecular weight excluding hydrogens is 321 g/mol. The van der Waals surface area contributed by atoms with Gasteiger partial charge < -0.3 is 16.0 Å². The number of nitrogens with zero attached hydrogens (tertiary/aromatic N) is 3. The molecule has 6 nitrogen and oxygen atoms in total. The van der Waals surface area contributed by atoms with Crippen molar-refractivity contribution < 1.29 is 13.2 Å². The Morgan fingerprint density at radius 1 is 1.50 bits per heavy atom. The number of nitrogens with one attached hydrogen (secondary N) is 2. The van der Waals surface area contributed by atoms with E-state index in [9.17, 15) is 13.2 Å². The van der Waals surface area contributed by atoms with Crippen LogP contribution < -0.4 is 11.1 Å². The molecule has 0 saturated heterocycles. The van der Waals surface area contributed by atoms with E-state index < -0.39 is 11.9 Å². The Bertz CT molecular complexity index is 854. The molecule has 0 saturated carbocycles. The molecular formula is C15H13F3N6. The average molecular weight is 334 g/mol. The zero-order valence-electron chi connectivity index (χ0n) is 12.4. The van der Waals surface area contributed by atoms with Crippen LogP contribution in [0.15, 0.2) is 47.4 Å². The molecule has 2 aromatic heterocycles. The second-order valence-corrected chi connectivity index (χ2v) is 4.76. The fraction of sp³-hybridized carbons (Fsp3) is 0.133. The van der Waals surface area contributed by atoms with Crippen LogP contribution >= 0.6 is 0 Å². The lowest BCUT2D eigenvalue weighted by molar-refractivity contribution is -0.140. The van der Waals surface area contributed by atoms with E-state index in [2.05, 4.69) is 26.9 Å². The summed E-state index contributed by atoms with van der Waals surface area (Å²) >= 11 is 0. The number of nitrogens with two attached hydrogens (primary N) is 1. The summed E-state index contributed by atoms with van der Waals surface area (Å²) in [5, 5.41) is 12.1. The van der Waals surface area contributed by atoms with Crippen LogP contribution in [0.4, 0.5) is 13.2 Å². The highest BCUT2D eigenvalue weighted by Gasteiger charge is 2.32. The SMILES string of the molecule is C=C(/C=C(/C#N)N=CN)NCc1cnc2[nH]c(C(F)(F)F)cc2c1. The Kier molecular flexibility index (Phi) is 4.89. The summed E-state index contributed by atoms with van der Waals surface area (Å²) in [7, 11) is 0. The van der Waals surface area contributed by atoms with Gasteiger partial charge >= 0.3 is 6.18 Å². The van der Waals surface area contributed by atoms with E-state index in [4.69, 9.17) is 11.0 Å². The first-order chi connectivity index (χ1) is 11.3. The van der Waals surface area contributed by atoms with Crippen LogP contribution in [-0.2, 0) is 12.7 Å². The number of hydrogen-bond donors (Lipinski definition) is 3. The van der Waals surface area contributed by atoms with E-state index in [1.165, 1.54) is 12.3 Å². The van der Waals surface area contributed by atoms with Gasteiger partial charge in [-0.05, 0) is 23.8 Å². The van der Waals surface area contributed by atoms with Crippen molar-refractivity contribution >= 4 is 17.4 Å². The summed E-state index contributed by atoms with van der Waals surface area (Å²) in [4.78, 5) is 9.83. The average Bonchev–Trinajstić information content (AvgIpc) is 2.96. The molecule has 2 aromatic rings. The molecule has 0 spiro atoms. The van der Waals surface area contributed by atoms with Crippen LogP contribution in [0.2, 0.25) is 0 Å². The Morgan fingerprint density at radius 2 is 2.25 bits per heavy atom. The third kappa shape index (κ3) is 4.13. The summed E-state index contributed by atoms with van der Waals surface area (Å²) in [6.07, 6.45) is -0.612. The minimum atomic E-state index is -4.45. The fourth-order valence-corrected chi connectivity index (χ4v) is 1.92. The molecule has 2 rings (SSSR count). The number of nitriles is 1. The standard InChI is InChI=1S/C15H13F3N6/c1-9(2-12(5-19)23-8-20)21-6-10-3-11-4-13(15(16,17)18)24-14(11)22-7-10/h2-4,7-8,21H,1,6H2,(H2,20,23)(H,22,24)/b12-2-. The van der Waals surface area contributed by atoms with Gasteiger partial charge in [0.15, 0.2) is 0 Å². The monoisotopic (exact) mass is 334 g/mol. The van der Waals surface area contributed by atoms with Gasteiger partial charge in [0, 0.05) is 23.8 Å². The van der Waals surface area contributed by atoms with Gasteiger partial charge in [-0.3, -0.25) is 0 Å². The quantitative estimate of drug-likeness (QED) is 0.338. The van der Waals surface area contributed by atoms with Crippen LogP contribution in [0.1, 0.15) is 11.3 Å². The minimum Gasteiger partial charge on any atom is -0.390 e. The van der Waals surface area contributed by atoms with Crippen molar-refractivity contribution in [2.45, 2.75) is 12.7 Å². The van der Waals surface area contributed by atoms with Crippen molar-refractivity contribution in [2.75, 3.05) is 0 Å². The van der Waals surface area contributed by atoms with Crippen LogP contribution in [0.5, 0.6) is 0 Å². The molecule has 2 heterocycles. The van der Waals surface area contributed by atoms with Crippen molar-refractivity contribution in [3.63, 3.8) is 0 Å². The molecule has 24 heavy (non-hydrogen) atoms. The number of hydrogen-bond acceptors (Lipinski definition) is 4. The van der Waals surface area contributed by atoms with Gasteiger partial charge in [-0.2, -0.15) is 18.4 Å². The van der Waals surface area contributed by atoms with Gasteiger partial charge in [0.2, 0.25) is 0 Å². The van der Waals surface area contributed by atoms with E-state index in [1.807, 2.05) is 6.07 Å². The van der Waals surface area contributed by atoms with Crippen molar-refractivity contribution in [2.24, 2.45) is 10.7 Å². The molecule has 124 valence electrons. The van der Waals surface area contributed by atoms with E-state index >= 15 is 0 Å². The van der Waals surface area contributed by atoms with Crippen LogP contribution in [0.3, 0.4) is 0 Å². The van der Waals surface area contributed by atoms with Gasteiger partial charge in [0.05, 0.1) is 6.34 Å². The van der Waals surface area contributed by atoms with Gasteiger partial charge in [-0.15, -0.1) is 0 Å². The highest BCUT2D eigenvalue weighted by molar-refractivity contribution is 5.77. The number of aliphatic imine (C=N–C) groups is 1. The largest absolute Gasteiger partial charge is 0.431 e. The predicted molar refractivity (Wildman–Crippen MR) is 83.5 cm³/mol. The summed E-state index contributed by atoms with van der Waals surface area (Å²) in [6.45, 7) is 3.98. The van der Waals surface area contributed by atoms with Crippen LogP contribution in [-0.4, -0.2) is 16.3 Å². The highest BCUT2D eigenvalue weighted by Crippen LogP contribution is 2.30. The second-order valence-electron chi connectivity index (χ2n) is 4.76. The third-order valence-electron chi connectivity index (χ3n) is 2.99. The molecule has 0 radical (unpaired) electrons. The van der Waals surface area contributed by atoms with Gasteiger partial charge in [-0.25, -0.2) is 9.98 Å². The number of pyridine rings is 1. The Labute approximate surface area is 135 Å². The lowest BCUT2D eigenvalue weighted by Crippen LogP contribution is -2.10. The molecule has 9 heteroatoms. The maximum Gasteiger partial charge on any atom is 0.431 e. The molecule has 0 aliphatic carbocycles. The fourth-order valence-electron chi connectivity index (χ4n) is 1.92. The lowest BCUT2D eigenvalue weighted by atomic mass is 10.2. The van der Waals surface area contributed by atoms with Crippen molar-refractivity contribution in [1.82, 2.24) is 15.3 Å². The number of fused-ring (bicyclic) bond motifs is 1. The summed E-state index contributed by atoms with van der Waals surface area (Å²) in [6, 6.07) is 4.42.